The van der Waals surface area contributed by atoms with E-state index in [0.29, 0.717) is 11.4 Å². The number of non-ortho nitro benzene ring substituents is 1. The number of pyridine rings is 1. The summed E-state index contributed by atoms with van der Waals surface area (Å²) in [5.41, 5.74) is 2.95. The molecule has 4 rings (SSSR count). The van der Waals surface area contributed by atoms with Crippen molar-refractivity contribution in [3.63, 3.8) is 0 Å². The van der Waals surface area contributed by atoms with E-state index in [-0.39, 0.29) is 10.6 Å². The van der Waals surface area contributed by atoms with Crippen LogP contribution in [-0.2, 0) is 4.74 Å². The molecule has 27 heavy (non-hydrogen) atoms. The van der Waals surface area contributed by atoms with Crippen molar-refractivity contribution >= 4 is 33.5 Å². The molecule has 2 aromatic carbocycles. The van der Waals surface area contributed by atoms with Crippen LogP contribution in [-0.4, -0.2) is 35.7 Å². The number of morpholine rings is 1. The molecule has 138 valence electrons. The maximum absolute atomic E-state index is 11.2. The van der Waals surface area contributed by atoms with Gasteiger partial charge >= 0.3 is 0 Å². The van der Waals surface area contributed by atoms with E-state index in [1.165, 1.54) is 12.3 Å². The molecule has 0 radical (unpaired) electrons. The van der Waals surface area contributed by atoms with Gasteiger partial charge in [-0.15, -0.1) is 0 Å². The van der Waals surface area contributed by atoms with Crippen LogP contribution in [0.25, 0.3) is 10.8 Å². The maximum atomic E-state index is 11.2. The van der Waals surface area contributed by atoms with E-state index in [9.17, 15) is 10.1 Å². The Labute approximate surface area is 156 Å². The van der Waals surface area contributed by atoms with Gasteiger partial charge in [0.1, 0.15) is 0 Å². The van der Waals surface area contributed by atoms with Crippen molar-refractivity contribution in [1.82, 2.24) is 4.98 Å². The fraction of sp³-hybridized carbons (Fsp3) is 0.250. The topological polar surface area (TPSA) is 80.5 Å². The average molecular weight is 364 g/mol. The molecule has 1 aliphatic rings. The number of fused-ring (bicyclic) bond motifs is 1. The van der Waals surface area contributed by atoms with Gasteiger partial charge in [-0.05, 0) is 43.3 Å². The van der Waals surface area contributed by atoms with Crippen LogP contribution in [0, 0.1) is 10.1 Å². The SMILES string of the molecule is CC1COCCN1c1ccc(Nc2ccc([N+](=O)[O-])c3cnccc23)cc1. The van der Waals surface area contributed by atoms with E-state index in [0.717, 1.165) is 42.2 Å². The third-order valence-electron chi connectivity index (χ3n) is 4.84. The maximum Gasteiger partial charge on any atom is 0.278 e. The number of nitro benzene ring substituents is 1. The molecule has 0 bridgehead atoms. The Morgan fingerprint density at radius 1 is 1.19 bits per heavy atom. The molecule has 1 aliphatic heterocycles. The summed E-state index contributed by atoms with van der Waals surface area (Å²) in [6.45, 7) is 4.52. The Hall–Kier alpha value is -3.19. The van der Waals surface area contributed by atoms with Crippen LogP contribution in [0.1, 0.15) is 6.92 Å². The Morgan fingerprint density at radius 2 is 2.00 bits per heavy atom. The van der Waals surface area contributed by atoms with Crippen LogP contribution in [0.4, 0.5) is 22.7 Å². The average Bonchev–Trinajstić information content (AvgIpc) is 2.69. The van der Waals surface area contributed by atoms with Gasteiger partial charge in [0.05, 0.1) is 23.5 Å². The number of benzene rings is 2. The predicted molar refractivity (Wildman–Crippen MR) is 106 cm³/mol. The first-order valence-electron chi connectivity index (χ1n) is 8.86. The summed E-state index contributed by atoms with van der Waals surface area (Å²) in [5, 5.41) is 15.9. The van der Waals surface area contributed by atoms with Crippen LogP contribution in [0.3, 0.4) is 0 Å². The number of aromatic nitrogens is 1. The van der Waals surface area contributed by atoms with Crippen LogP contribution in [0.2, 0.25) is 0 Å². The number of hydrogen-bond acceptors (Lipinski definition) is 6. The first-order chi connectivity index (χ1) is 13.1. The number of nitrogens with one attached hydrogen (secondary N) is 1. The molecule has 0 saturated carbocycles. The van der Waals surface area contributed by atoms with Gasteiger partial charge in [0.15, 0.2) is 0 Å². The highest BCUT2D eigenvalue weighted by molar-refractivity contribution is 6.00. The molecule has 1 fully saturated rings. The summed E-state index contributed by atoms with van der Waals surface area (Å²) in [6.07, 6.45) is 3.17. The highest BCUT2D eigenvalue weighted by Gasteiger charge is 2.19. The van der Waals surface area contributed by atoms with E-state index < -0.39 is 0 Å². The molecule has 1 unspecified atom stereocenters. The normalized spacial score (nSPS) is 17.1. The Morgan fingerprint density at radius 3 is 2.74 bits per heavy atom. The van der Waals surface area contributed by atoms with Crippen LogP contribution in [0.5, 0.6) is 0 Å². The van der Waals surface area contributed by atoms with Crippen molar-refractivity contribution in [2.45, 2.75) is 13.0 Å². The largest absolute Gasteiger partial charge is 0.377 e. The lowest BCUT2D eigenvalue weighted by molar-refractivity contribution is -0.383. The summed E-state index contributed by atoms with van der Waals surface area (Å²) < 4.78 is 5.50. The van der Waals surface area contributed by atoms with Crippen molar-refractivity contribution < 1.29 is 9.66 Å². The Bertz CT molecular complexity index is 975. The first-order valence-corrected chi connectivity index (χ1v) is 8.86. The van der Waals surface area contributed by atoms with Crippen molar-refractivity contribution in [2.24, 2.45) is 0 Å². The molecule has 0 aliphatic carbocycles. The number of anilines is 3. The van der Waals surface area contributed by atoms with E-state index in [4.69, 9.17) is 4.74 Å². The van der Waals surface area contributed by atoms with E-state index in [1.807, 2.05) is 12.1 Å². The molecule has 7 heteroatoms. The smallest absolute Gasteiger partial charge is 0.278 e. The molecular formula is C20H20N4O3. The quantitative estimate of drug-likeness (QED) is 0.554. The number of ether oxygens (including phenoxy) is 1. The summed E-state index contributed by atoms with van der Waals surface area (Å²) >= 11 is 0. The lowest BCUT2D eigenvalue weighted by Crippen LogP contribution is -2.43. The molecule has 2 heterocycles. The monoisotopic (exact) mass is 364 g/mol. The highest BCUT2D eigenvalue weighted by Crippen LogP contribution is 2.33. The molecule has 3 aromatic rings. The van der Waals surface area contributed by atoms with E-state index >= 15 is 0 Å². The minimum atomic E-state index is -0.383. The van der Waals surface area contributed by atoms with Crippen LogP contribution >= 0.6 is 0 Å². The predicted octanol–water partition coefficient (Wildman–Crippen LogP) is 4.11. The van der Waals surface area contributed by atoms with Crippen LogP contribution < -0.4 is 10.2 Å². The van der Waals surface area contributed by atoms with Crippen molar-refractivity contribution in [2.75, 3.05) is 30.0 Å². The number of hydrogen-bond donors (Lipinski definition) is 1. The number of nitrogens with zero attached hydrogens (tertiary/aromatic N) is 3. The van der Waals surface area contributed by atoms with Crippen molar-refractivity contribution in [1.29, 1.82) is 0 Å². The van der Waals surface area contributed by atoms with Gasteiger partial charge in [-0.1, -0.05) is 0 Å². The molecule has 1 N–H and O–H groups in total. The Balaban J connectivity index is 1.61. The third-order valence-corrected chi connectivity index (χ3v) is 4.84. The fourth-order valence-electron chi connectivity index (χ4n) is 3.45. The van der Waals surface area contributed by atoms with Gasteiger partial charge in [0.25, 0.3) is 5.69 Å². The van der Waals surface area contributed by atoms with Gasteiger partial charge < -0.3 is 15.0 Å². The molecule has 1 aromatic heterocycles. The van der Waals surface area contributed by atoms with Gasteiger partial charge in [-0.3, -0.25) is 15.1 Å². The Kier molecular flexibility index (Phi) is 4.60. The second-order valence-electron chi connectivity index (χ2n) is 6.60. The highest BCUT2D eigenvalue weighted by atomic mass is 16.6. The third kappa shape index (κ3) is 3.41. The lowest BCUT2D eigenvalue weighted by Gasteiger charge is -2.35. The first kappa shape index (κ1) is 17.2. The minimum absolute atomic E-state index is 0.0558. The zero-order valence-corrected chi connectivity index (χ0v) is 15.0. The summed E-state index contributed by atoms with van der Waals surface area (Å²) in [4.78, 5) is 17.2. The fourth-order valence-corrected chi connectivity index (χ4v) is 3.45. The van der Waals surface area contributed by atoms with Gasteiger partial charge in [-0.2, -0.15) is 0 Å². The summed E-state index contributed by atoms with van der Waals surface area (Å²) in [6, 6.07) is 13.6. The minimum Gasteiger partial charge on any atom is -0.377 e. The molecular weight excluding hydrogens is 344 g/mol. The zero-order valence-electron chi connectivity index (χ0n) is 15.0. The lowest BCUT2D eigenvalue weighted by atomic mass is 10.1. The van der Waals surface area contributed by atoms with Gasteiger partial charge in [0, 0.05) is 53.5 Å². The molecule has 1 saturated heterocycles. The van der Waals surface area contributed by atoms with Crippen molar-refractivity contribution in [3.05, 3.63) is 65.0 Å². The molecule has 7 nitrogen and oxygen atoms in total. The molecule has 1 atom stereocenters. The van der Waals surface area contributed by atoms with Crippen LogP contribution in [0.15, 0.2) is 54.9 Å². The number of nitro groups is 1. The zero-order chi connectivity index (χ0) is 18.8. The van der Waals surface area contributed by atoms with E-state index in [1.54, 1.807) is 18.3 Å². The molecule has 0 amide bonds. The van der Waals surface area contributed by atoms with E-state index in [2.05, 4.69) is 34.3 Å². The number of rotatable bonds is 4. The second-order valence-corrected chi connectivity index (χ2v) is 6.60. The summed E-state index contributed by atoms with van der Waals surface area (Å²) in [5.74, 6) is 0. The standard InChI is InChI=1S/C20H20N4O3/c1-14-13-27-11-10-23(14)16-4-2-15(3-5-16)22-19-6-7-20(24(25)26)18-12-21-9-8-17(18)19/h2-9,12,14,22H,10-11,13H2,1H3. The molecule has 0 spiro atoms. The second kappa shape index (κ2) is 7.20. The summed E-state index contributed by atoms with van der Waals surface area (Å²) in [7, 11) is 0. The van der Waals surface area contributed by atoms with Gasteiger partial charge in [-0.25, -0.2) is 0 Å². The van der Waals surface area contributed by atoms with Crippen molar-refractivity contribution in [3.8, 4) is 0 Å². The van der Waals surface area contributed by atoms with Gasteiger partial charge in [0.2, 0.25) is 0 Å².